The number of hydrogen-bond acceptors (Lipinski definition) is 2. The molecule has 0 fully saturated rings. The minimum absolute atomic E-state index is 0.0896. The van der Waals surface area contributed by atoms with Crippen molar-refractivity contribution in [2.45, 2.75) is 6.92 Å². The monoisotopic (exact) mass is 276 g/mol. The molecular weight excluding hydrogens is 264 g/mol. The van der Waals surface area contributed by atoms with E-state index in [1.54, 1.807) is 18.2 Å². The quantitative estimate of drug-likeness (QED) is 0.776. The second-order valence-corrected chi connectivity index (χ2v) is 4.47. The summed E-state index contributed by atoms with van der Waals surface area (Å²) < 4.78 is 0. The molecule has 0 aliphatic carbocycles. The molecule has 0 heterocycles. The summed E-state index contributed by atoms with van der Waals surface area (Å²) in [5.74, 6) is 0.0896. The van der Waals surface area contributed by atoms with E-state index in [1.807, 2.05) is 19.1 Å². The molecule has 98 valence electrons. The van der Waals surface area contributed by atoms with Crippen molar-refractivity contribution < 1.29 is 9.90 Å². The fourth-order valence-corrected chi connectivity index (χ4v) is 1.92. The van der Waals surface area contributed by atoms with Gasteiger partial charge in [-0.25, -0.2) is 4.79 Å². The number of halogens is 1. The highest BCUT2D eigenvalue weighted by molar-refractivity contribution is 6.34. The zero-order valence-corrected chi connectivity index (χ0v) is 11.0. The van der Waals surface area contributed by atoms with Gasteiger partial charge in [0.1, 0.15) is 5.75 Å². The lowest BCUT2D eigenvalue weighted by Gasteiger charge is -2.11. The molecular formula is C14H13ClN2O2. The van der Waals surface area contributed by atoms with Crippen LogP contribution in [0.15, 0.2) is 42.5 Å². The number of benzene rings is 2. The Morgan fingerprint density at radius 3 is 2.58 bits per heavy atom. The maximum atomic E-state index is 11.8. The molecule has 0 saturated heterocycles. The zero-order chi connectivity index (χ0) is 13.8. The summed E-state index contributed by atoms with van der Waals surface area (Å²) in [6.45, 7) is 1.86. The molecule has 0 spiro atoms. The number of carbonyl (C=O) groups excluding carboxylic acids is 1. The van der Waals surface area contributed by atoms with Gasteiger partial charge in [0.05, 0.1) is 10.7 Å². The number of amides is 2. The topological polar surface area (TPSA) is 61.4 Å². The number of aromatic hydroxyl groups is 1. The van der Waals surface area contributed by atoms with Crippen LogP contribution in [0.4, 0.5) is 16.2 Å². The summed E-state index contributed by atoms with van der Waals surface area (Å²) in [7, 11) is 0. The highest BCUT2D eigenvalue weighted by Crippen LogP contribution is 2.25. The molecule has 2 aromatic carbocycles. The summed E-state index contributed by atoms with van der Waals surface area (Å²) in [4.78, 5) is 11.8. The van der Waals surface area contributed by atoms with E-state index in [9.17, 15) is 9.90 Å². The lowest BCUT2D eigenvalue weighted by atomic mass is 10.2. The Bertz CT molecular complexity index is 594. The first-order valence-electron chi connectivity index (χ1n) is 5.68. The maximum absolute atomic E-state index is 11.8. The standard InChI is InChI=1S/C14H13ClN2O2/c1-9-4-2-7-12(15)13(9)17-14(19)16-10-5-3-6-11(18)8-10/h2-8,18H,1H3,(H2,16,17,19). The summed E-state index contributed by atoms with van der Waals surface area (Å²) in [6, 6.07) is 11.3. The van der Waals surface area contributed by atoms with Gasteiger partial charge >= 0.3 is 6.03 Å². The van der Waals surface area contributed by atoms with Gasteiger partial charge < -0.3 is 15.7 Å². The molecule has 0 atom stereocenters. The Morgan fingerprint density at radius 1 is 1.16 bits per heavy atom. The summed E-state index contributed by atoms with van der Waals surface area (Å²) in [6.07, 6.45) is 0. The van der Waals surface area contributed by atoms with Crippen molar-refractivity contribution in [2.75, 3.05) is 10.6 Å². The third-order valence-electron chi connectivity index (χ3n) is 2.56. The van der Waals surface area contributed by atoms with E-state index < -0.39 is 6.03 Å². The Balaban J connectivity index is 2.10. The number of aryl methyl sites for hydroxylation is 1. The minimum atomic E-state index is -0.415. The van der Waals surface area contributed by atoms with E-state index in [-0.39, 0.29) is 5.75 Å². The molecule has 0 aromatic heterocycles. The summed E-state index contributed by atoms with van der Waals surface area (Å²) in [5, 5.41) is 15.1. The van der Waals surface area contributed by atoms with Crippen molar-refractivity contribution >= 4 is 29.0 Å². The molecule has 19 heavy (non-hydrogen) atoms. The van der Waals surface area contributed by atoms with Gasteiger partial charge in [-0.05, 0) is 30.7 Å². The van der Waals surface area contributed by atoms with Crippen LogP contribution in [0.1, 0.15) is 5.56 Å². The van der Waals surface area contributed by atoms with Crippen molar-refractivity contribution in [2.24, 2.45) is 0 Å². The first-order chi connectivity index (χ1) is 9.06. The molecule has 2 amide bonds. The summed E-state index contributed by atoms with van der Waals surface area (Å²) >= 11 is 6.02. The molecule has 4 nitrogen and oxygen atoms in total. The molecule has 3 N–H and O–H groups in total. The van der Waals surface area contributed by atoms with Crippen LogP contribution < -0.4 is 10.6 Å². The molecule has 0 bridgehead atoms. The molecule has 0 aliphatic heterocycles. The van der Waals surface area contributed by atoms with E-state index in [0.29, 0.717) is 16.4 Å². The number of anilines is 2. The first kappa shape index (κ1) is 13.2. The molecule has 5 heteroatoms. The second kappa shape index (κ2) is 5.63. The lowest BCUT2D eigenvalue weighted by molar-refractivity contribution is 0.262. The van der Waals surface area contributed by atoms with Gasteiger partial charge in [-0.1, -0.05) is 29.8 Å². The van der Waals surface area contributed by atoms with Gasteiger partial charge in [0.15, 0.2) is 0 Å². The first-order valence-corrected chi connectivity index (χ1v) is 6.06. The Hall–Kier alpha value is -2.20. The summed E-state index contributed by atoms with van der Waals surface area (Å²) in [5.41, 5.74) is 1.95. The number of nitrogens with one attached hydrogen (secondary N) is 2. The van der Waals surface area contributed by atoms with Gasteiger partial charge in [-0.2, -0.15) is 0 Å². The SMILES string of the molecule is Cc1cccc(Cl)c1NC(=O)Nc1cccc(O)c1. The number of para-hydroxylation sites is 1. The Morgan fingerprint density at radius 2 is 1.89 bits per heavy atom. The Labute approximate surface area is 116 Å². The van der Waals surface area contributed by atoms with Crippen LogP contribution in [0.2, 0.25) is 5.02 Å². The smallest absolute Gasteiger partial charge is 0.323 e. The van der Waals surface area contributed by atoms with E-state index in [0.717, 1.165) is 5.56 Å². The molecule has 2 rings (SSSR count). The highest BCUT2D eigenvalue weighted by atomic mass is 35.5. The normalized spacial score (nSPS) is 10.0. The number of phenols is 1. The van der Waals surface area contributed by atoms with Crippen molar-refractivity contribution in [3.8, 4) is 5.75 Å². The predicted octanol–water partition coefficient (Wildman–Crippen LogP) is 4.00. The van der Waals surface area contributed by atoms with Crippen molar-refractivity contribution in [3.05, 3.63) is 53.1 Å². The van der Waals surface area contributed by atoms with Gasteiger partial charge in [-0.3, -0.25) is 0 Å². The van der Waals surface area contributed by atoms with E-state index in [2.05, 4.69) is 10.6 Å². The van der Waals surface area contributed by atoms with Crippen molar-refractivity contribution in [1.29, 1.82) is 0 Å². The van der Waals surface area contributed by atoms with E-state index in [4.69, 9.17) is 11.6 Å². The van der Waals surface area contributed by atoms with Gasteiger partial charge in [0.25, 0.3) is 0 Å². The predicted molar refractivity (Wildman–Crippen MR) is 76.9 cm³/mol. The molecule has 0 aliphatic rings. The van der Waals surface area contributed by atoms with Crippen LogP contribution in [0.5, 0.6) is 5.75 Å². The Kier molecular flexibility index (Phi) is 3.92. The van der Waals surface area contributed by atoms with Crippen LogP contribution in [0.3, 0.4) is 0 Å². The number of hydrogen-bond donors (Lipinski definition) is 3. The third-order valence-corrected chi connectivity index (χ3v) is 2.88. The average Bonchev–Trinajstić information content (AvgIpc) is 2.34. The van der Waals surface area contributed by atoms with Gasteiger partial charge in [-0.15, -0.1) is 0 Å². The van der Waals surface area contributed by atoms with Gasteiger partial charge in [0.2, 0.25) is 0 Å². The molecule has 0 unspecified atom stereocenters. The van der Waals surface area contributed by atoms with Crippen LogP contribution in [0, 0.1) is 6.92 Å². The van der Waals surface area contributed by atoms with Crippen LogP contribution in [-0.4, -0.2) is 11.1 Å². The van der Waals surface area contributed by atoms with Crippen molar-refractivity contribution in [1.82, 2.24) is 0 Å². The van der Waals surface area contributed by atoms with Gasteiger partial charge in [0, 0.05) is 11.8 Å². The number of urea groups is 1. The molecule has 2 aromatic rings. The largest absolute Gasteiger partial charge is 0.508 e. The van der Waals surface area contributed by atoms with E-state index in [1.165, 1.54) is 12.1 Å². The average molecular weight is 277 g/mol. The van der Waals surface area contributed by atoms with Crippen molar-refractivity contribution in [3.63, 3.8) is 0 Å². The fraction of sp³-hybridized carbons (Fsp3) is 0.0714. The van der Waals surface area contributed by atoms with Crippen LogP contribution >= 0.6 is 11.6 Å². The number of phenolic OH excluding ortho intramolecular Hbond substituents is 1. The lowest BCUT2D eigenvalue weighted by Crippen LogP contribution is -2.20. The zero-order valence-electron chi connectivity index (χ0n) is 10.3. The van der Waals surface area contributed by atoms with Crippen LogP contribution in [-0.2, 0) is 0 Å². The van der Waals surface area contributed by atoms with Crippen LogP contribution in [0.25, 0.3) is 0 Å². The number of carbonyl (C=O) groups is 1. The fourth-order valence-electron chi connectivity index (χ4n) is 1.65. The minimum Gasteiger partial charge on any atom is -0.508 e. The second-order valence-electron chi connectivity index (χ2n) is 4.06. The third kappa shape index (κ3) is 3.39. The maximum Gasteiger partial charge on any atom is 0.323 e. The molecule has 0 saturated carbocycles. The molecule has 0 radical (unpaired) electrons. The number of rotatable bonds is 2. The highest BCUT2D eigenvalue weighted by Gasteiger charge is 2.08. The van der Waals surface area contributed by atoms with E-state index >= 15 is 0 Å².